The minimum atomic E-state index is -0.472. The van der Waals surface area contributed by atoms with Crippen molar-refractivity contribution < 1.29 is 9.18 Å². The molecule has 0 saturated heterocycles. The van der Waals surface area contributed by atoms with Crippen molar-refractivity contribution in [3.05, 3.63) is 57.5 Å². The van der Waals surface area contributed by atoms with Gasteiger partial charge in [-0.3, -0.25) is 4.79 Å². The lowest BCUT2D eigenvalue weighted by atomic mass is 10.2. The molecule has 0 aliphatic heterocycles. The normalized spacial score (nSPS) is 10.2. The van der Waals surface area contributed by atoms with E-state index in [1.165, 1.54) is 12.1 Å². The molecule has 0 bridgehead atoms. The Kier molecular flexibility index (Phi) is 3.93. The molecule has 0 saturated carbocycles. The fourth-order valence-electron chi connectivity index (χ4n) is 1.34. The summed E-state index contributed by atoms with van der Waals surface area (Å²) in [5.74, 6) is -0.887. The Balaban J connectivity index is 2.27. The molecule has 1 amide bonds. The number of pyridine rings is 1. The van der Waals surface area contributed by atoms with E-state index in [-0.39, 0.29) is 10.7 Å². The first-order valence-corrected chi connectivity index (χ1v) is 6.12. The van der Waals surface area contributed by atoms with Gasteiger partial charge < -0.3 is 5.32 Å². The second-order valence-corrected chi connectivity index (χ2v) is 4.58. The summed E-state index contributed by atoms with van der Waals surface area (Å²) in [6.07, 6.45) is 1.55. The van der Waals surface area contributed by atoms with Gasteiger partial charge in [0.1, 0.15) is 10.4 Å². The molecule has 6 heteroatoms. The van der Waals surface area contributed by atoms with Crippen molar-refractivity contribution in [2.75, 3.05) is 5.32 Å². The Hall–Kier alpha value is -1.46. The Morgan fingerprint density at radius 3 is 2.89 bits per heavy atom. The summed E-state index contributed by atoms with van der Waals surface area (Å²) in [6.45, 7) is 0. The molecule has 1 aromatic heterocycles. The molecular formula is C12H7BrClFN2O. The molecule has 3 nitrogen and oxygen atoms in total. The molecule has 0 unspecified atom stereocenters. The Bertz CT molecular complexity index is 606. The summed E-state index contributed by atoms with van der Waals surface area (Å²) in [6, 6.07) is 6.99. The quantitative estimate of drug-likeness (QED) is 0.849. The molecule has 0 aliphatic rings. The molecule has 0 aliphatic carbocycles. The number of amides is 1. The van der Waals surface area contributed by atoms with Gasteiger partial charge in [0.2, 0.25) is 0 Å². The number of hydrogen-bond acceptors (Lipinski definition) is 2. The average molecular weight is 330 g/mol. The monoisotopic (exact) mass is 328 g/mol. The minimum Gasteiger partial charge on any atom is -0.320 e. The lowest BCUT2D eigenvalue weighted by Gasteiger charge is -2.08. The Labute approximate surface area is 116 Å². The van der Waals surface area contributed by atoms with Crippen LogP contribution in [0.5, 0.6) is 0 Å². The third-order valence-electron chi connectivity index (χ3n) is 2.18. The number of halogens is 3. The molecule has 1 heterocycles. The summed E-state index contributed by atoms with van der Waals surface area (Å²) in [7, 11) is 0. The van der Waals surface area contributed by atoms with Crippen LogP contribution in [0.15, 0.2) is 41.1 Å². The number of aromatic nitrogens is 1. The zero-order valence-electron chi connectivity index (χ0n) is 8.95. The molecule has 0 atom stereocenters. The molecule has 2 aromatic rings. The summed E-state index contributed by atoms with van der Waals surface area (Å²) in [5.41, 5.74) is 0.565. The minimum absolute atomic E-state index is 0.220. The third kappa shape index (κ3) is 2.86. The number of benzene rings is 1. The van der Waals surface area contributed by atoms with E-state index in [1.54, 1.807) is 18.3 Å². The fraction of sp³-hybridized carbons (Fsp3) is 0. The van der Waals surface area contributed by atoms with Gasteiger partial charge in [0.15, 0.2) is 0 Å². The maximum absolute atomic E-state index is 13.0. The third-order valence-corrected chi connectivity index (χ3v) is 3.14. The van der Waals surface area contributed by atoms with E-state index in [2.05, 4.69) is 26.2 Å². The summed E-state index contributed by atoms with van der Waals surface area (Å²) in [4.78, 5) is 15.9. The number of carbonyl (C=O) groups excluding carboxylic acids is 1. The fourth-order valence-corrected chi connectivity index (χ4v) is 1.93. The number of nitrogens with zero attached hydrogens (tertiary/aromatic N) is 1. The lowest BCUT2D eigenvalue weighted by molar-refractivity contribution is 0.102. The van der Waals surface area contributed by atoms with Crippen molar-refractivity contribution in [1.82, 2.24) is 4.98 Å². The van der Waals surface area contributed by atoms with Crippen molar-refractivity contribution in [3.8, 4) is 0 Å². The first-order valence-electron chi connectivity index (χ1n) is 4.95. The first-order chi connectivity index (χ1) is 8.58. The van der Waals surface area contributed by atoms with Crippen LogP contribution in [0.3, 0.4) is 0 Å². The van der Waals surface area contributed by atoms with Crippen LogP contribution in [0.25, 0.3) is 0 Å². The second kappa shape index (κ2) is 5.46. The summed E-state index contributed by atoms with van der Waals surface area (Å²) in [5, 5.41) is 2.80. The van der Waals surface area contributed by atoms with Crippen LogP contribution in [-0.4, -0.2) is 10.9 Å². The lowest BCUT2D eigenvalue weighted by Crippen LogP contribution is -2.13. The zero-order valence-corrected chi connectivity index (χ0v) is 11.3. The van der Waals surface area contributed by atoms with Crippen molar-refractivity contribution >= 4 is 39.1 Å². The molecule has 0 radical (unpaired) electrons. The Morgan fingerprint density at radius 2 is 2.17 bits per heavy atom. The summed E-state index contributed by atoms with van der Waals surface area (Å²) >= 11 is 9.02. The maximum atomic E-state index is 13.0. The highest BCUT2D eigenvalue weighted by molar-refractivity contribution is 9.10. The Morgan fingerprint density at radius 1 is 1.39 bits per heavy atom. The largest absolute Gasteiger partial charge is 0.320 e. The van der Waals surface area contributed by atoms with E-state index in [9.17, 15) is 9.18 Å². The van der Waals surface area contributed by atoms with Crippen molar-refractivity contribution in [2.24, 2.45) is 0 Å². The average Bonchev–Trinajstić information content (AvgIpc) is 2.34. The van der Waals surface area contributed by atoms with E-state index in [0.29, 0.717) is 10.2 Å². The molecular weight excluding hydrogens is 322 g/mol. The zero-order chi connectivity index (χ0) is 13.1. The van der Waals surface area contributed by atoms with E-state index in [1.807, 2.05) is 0 Å². The van der Waals surface area contributed by atoms with Gasteiger partial charge in [0, 0.05) is 6.20 Å². The number of nitrogens with one attached hydrogen (secondary N) is 1. The molecule has 0 spiro atoms. The highest BCUT2D eigenvalue weighted by Crippen LogP contribution is 2.23. The van der Waals surface area contributed by atoms with Crippen LogP contribution in [0.4, 0.5) is 10.1 Å². The first kappa shape index (κ1) is 13.0. The maximum Gasteiger partial charge on any atom is 0.258 e. The van der Waals surface area contributed by atoms with Crippen LogP contribution < -0.4 is 5.32 Å². The van der Waals surface area contributed by atoms with Gasteiger partial charge in [-0.1, -0.05) is 11.6 Å². The van der Waals surface area contributed by atoms with E-state index >= 15 is 0 Å². The van der Waals surface area contributed by atoms with Gasteiger partial charge in [-0.2, -0.15) is 0 Å². The van der Waals surface area contributed by atoms with E-state index in [0.717, 1.165) is 6.07 Å². The number of rotatable bonds is 2. The van der Waals surface area contributed by atoms with Crippen molar-refractivity contribution in [2.45, 2.75) is 0 Å². The SMILES string of the molecule is O=C(Nc1cc(F)ccc1Cl)c1cccnc1Br. The van der Waals surface area contributed by atoms with Gasteiger partial charge in [-0.15, -0.1) is 0 Å². The highest BCUT2D eigenvalue weighted by Gasteiger charge is 2.12. The van der Waals surface area contributed by atoms with Gasteiger partial charge in [-0.05, 0) is 46.3 Å². The van der Waals surface area contributed by atoms with Gasteiger partial charge in [-0.25, -0.2) is 9.37 Å². The van der Waals surface area contributed by atoms with Crippen LogP contribution in [-0.2, 0) is 0 Å². The van der Waals surface area contributed by atoms with E-state index < -0.39 is 11.7 Å². The molecule has 2 rings (SSSR count). The number of carbonyl (C=O) groups is 1. The van der Waals surface area contributed by atoms with Crippen LogP contribution in [0, 0.1) is 5.82 Å². The van der Waals surface area contributed by atoms with Crippen LogP contribution in [0.2, 0.25) is 5.02 Å². The molecule has 92 valence electrons. The molecule has 18 heavy (non-hydrogen) atoms. The van der Waals surface area contributed by atoms with Crippen molar-refractivity contribution in [3.63, 3.8) is 0 Å². The number of hydrogen-bond donors (Lipinski definition) is 1. The smallest absolute Gasteiger partial charge is 0.258 e. The van der Waals surface area contributed by atoms with E-state index in [4.69, 9.17) is 11.6 Å². The predicted molar refractivity (Wildman–Crippen MR) is 71.3 cm³/mol. The molecule has 0 fully saturated rings. The molecule has 1 aromatic carbocycles. The highest BCUT2D eigenvalue weighted by atomic mass is 79.9. The predicted octanol–water partition coefficient (Wildman–Crippen LogP) is 3.89. The van der Waals surface area contributed by atoms with Crippen molar-refractivity contribution in [1.29, 1.82) is 0 Å². The standard InChI is InChI=1S/C12H7BrClFN2O/c13-11-8(2-1-5-16-11)12(18)17-10-6-7(15)3-4-9(10)14/h1-6H,(H,17,18). The second-order valence-electron chi connectivity index (χ2n) is 3.42. The van der Waals surface area contributed by atoms with Gasteiger partial charge >= 0.3 is 0 Å². The van der Waals surface area contributed by atoms with Crippen LogP contribution >= 0.6 is 27.5 Å². The van der Waals surface area contributed by atoms with Gasteiger partial charge in [0.25, 0.3) is 5.91 Å². The summed E-state index contributed by atoms with van der Waals surface area (Å²) < 4.78 is 13.5. The topological polar surface area (TPSA) is 42.0 Å². The van der Waals surface area contributed by atoms with Gasteiger partial charge in [0.05, 0.1) is 16.3 Å². The number of anilines is 1. The molecule has 1 N–H and O–H groups in total. The van der Waals surface area contributed by atoms with Crippen LogP contribution in [0.1, 0.15) is 10.4 Å².